The standard InChI is InChI=1S/C19H22Cl2N2O3S/c1-4-18(19(24)22-13(2)14-8-6-5-7-9-14)23(27(3,25)26)15-10-11-16(20)17(21)12-15/h5-13,18H,4H2,1-3H3,(H,22,24)/t13-,18+/m1/s1. The average molecular weight is 429 g/mol. The molecule has 27 heavy (non-hydrogen) atoms. The Morgan fingerprint density at radius 3 is 2.26 bits per heavy atom. The fraction of sp³-hybridized carbons (Fsp3) is 0.316. The second-order valence-electron chi connectivity index (χ2n) is 6.22. The summed E-state index contributed by atoms with van der Waals surface area (Å²) in [5, 5.41) is 3.42. The summed E-state index contributed by atoms with van der Waals surface area (Å²) >= 11 is 12.0. The Bertz CT molecular complexity index is 904. The minimum atomic E-state index is -3.73. The summed E-state index contributed by atoms with van der Waals surface area (Å²) in [4.78, 5) is 12.9. The molecule has 2 aromatic rings. The van der Waals surface area contributed by atoms with Crippen molar-refractivity contribution >= 4 is 44.8 Å². The van der Waals surface area contributed by atoms with Crippen LogP contribution >= 0.6 is 23.2 Å². The molecule has 0 aromatic heterocycles. The molecule has 0 spiro atoms. The number of amides is 1. The van der Waals surface area contributed by atoms with Gasteiger partial charge >= 0.3 is 0 Å². The van der Waals surface area contributed by atoms with Gasteiger partial charge in [-0.15, -0.1) is 0 Å². The van der Waals surface area contributed by atoms with E-state index in [9.17, 15) is 13.2 Å². The number of rotatable bonds is 7. The highest BCUT2D eigenvalue weighted by molar-refractivity contribution is 7.92. The van der Waals surface area contributed by atoms with Crippen molar-refractivity contribution in [1.82, 2.24) is 5.32 Å². The van der Waals surface area contributed by atoms with Crippen molar-refractivity contribution in [2.45, 2.75) is 32.4 Å². The van der Waals surface area contributed by atoms with E-state index in [0.717, 1.165) is 16.1 Å². The number of halogens is 2. The zero-order valence-corrected chi connectivity index (χ0v) is 17.6. The third-order valence-corrected chi connectivity index (χ3v) is 6.06. The smallest absolute Gasteiger partial charge is 0.244 e. The van der Waals surface area contributed by atoms with E-state index in [1.165, 1.54) is 18.2 Å². The number of hydrogen-bond acceptors (Lipinski definition) is 3. The van der Waals surface area contributed by atoms with Crippen molar-refractivity contribution < 1.29 is 13.2 Å². The van der Waals surface area contributed by atoms with Gasteiger partial charge in [-0.1, -0.05) is 60.5 Å². The monoisotopic (exact) mass is 428 g/mol. The molecule has 0 saturated carbocycles. The quantitative estimate of drug-likeness (QED) is 0.709. The molecule has 0 bridgehead atoms. The van der Waals surface area contributed by atoms with Crippen molar-refractivity contribution in [1.29, 1.82) is 0 Å². The van der Waals surface area contributed by atoms with Crippen LogP contribution in [0.2, 0.25) is 10.0 Å². The van der Waals surface area contributed by atoms with Gasteiger partial charge in [-0.25, -0.2) is 8.42 Å². The number of nitrogens with zero attached hydrogens (tertiary/aromatic N) is 1. The molecule has 2 aromatic carbocycles. The Balaban J connectivity index is 2.34. The molecule has 0 saturated heterocycles. The first-order chi connectivity index (χ1) is 12.6. The Kier molecular flexibility index (Phi) is 7.14. The molecule has 146 valence electrons. The molecule has 0 heterocycles. The number of carbonyl (C=O) groups excluding carboxylic acids is 1. The highest BCUT2D eigenvalue weighted by Gasteiger charge is 2.32. The second kappa shape index (κ2) is 8.95. The lowest BCUT2D eigenvalue weighted by Gasteiger charge is -2.31. The molecule has 0 aliphatic rings. The normalized spacial score (nSPS) is 13.7. The van der Waals surface area contributed by atoms with Gasteiger partial charge in [0.1, 0.15) is 6.04 Å². The first-order valence-electron chi connectivity index (χ1n) is 8.45. The van der Waals surface area contributed by atoms with Gasteiger partial charge in [0.25, 0.3) is 0 Å². The van der Waals surface area contributed by atoms with E-state index >= 15 is 0 Å². The molecule has 8 heteroatoms. The van der Waals surface area contributed by atoms with Gasteiger partial charge < -0.3 is 5.32 Å². The molecule has 0 fully saturated rings. The van der Waals surface area contributed by atoms with Crippen LogP contribution in [0, 0.1) is 0 Å². The summed E-state index contributed by atoms with van der Waals surface area (Å²) in [6, 6.07) is 12.8. The summed E-state index contributed by atoms with van der Waals surface area (Å²) in [5.74, 6) is -0.384. The van der Waals surface area contributed by atoms with Crippen molar-refractivity contribution in [2.24, 2.45) is 0 Å². The van der Waals surface area contributed by atoms with Crippen LogP contribution < -0.4 is 9.62 Å². The highest BCUT2D eigenvalue weighted by atomic mass is 35.5. The molecular weight excluding hydrogens is 407 g/mol. The van der Waals surface area contributed by atoms with E-state index in [4.69, 9.17) is 23.2 Å². The van der Waals surface area contributed by atoms with Gasteiger partial charge in [0.05, 0.1) is 28.0 Å². The molecule has 1 N–H and O–H groups in total. The maximum Gasteiger partial charge on any atom is 0.244 e. The van der Waals surface area contributed by atoms with Crippen LogP contribution in [0.15, 0.2) is 48.5 Å². The fourth-order valence-corrected chi connectivity index (χ4v) is 4.31. The van der Waals surface area contributed by atoms with Gasteiger partial charge in [0, 0.05) is 0 Å². The SMILES string of the molecule is CC[C@@H](C(=O)N[C@H](C)c1ccccc1)N(c1ccc(Cl)c(Cl)c1)S(C)(=O)=O. The van der Waals surface area contributed by atoms with Gasteiger partial charge in [-0.2, -0.15) is 0 Å². The van der Waals surface area contributed by atoms with E-state index in [-0.39, 0.29) is 17.0 Å². The lowest BCUT2D eigenvalue weighted by atomic mass is 10.1. The van der Waals surface area contributed by atoms with Crippen LogP contribution in [-0.4, -0.2) is 26.6 Å². The topological polar surface area (TPSA) is 66.5 Å². The number of sulfonamides is 1. The first kappa shape index (κ1) is 21.5. The number of anilines is 1. The summed E-state index contributed by atoms with van der Waals surface area (Å²) in [5.41, 5.74) is 1.22. The van der Waals surface area contributed by atoms with E-state index in [0.29, 0.717) is 17.1 Å². The average Bonchev–Trinajstić information content (AvgIpc) is 2.61. The predicted molar refractivity (Wildman–Crippen MR) is 111 cm³/mol. The Morgan fingerprint density at radius 2 is 1.74 bits per heavy atom. The van der Waals surface area contributed by atoms with Crippen molar-refractivity contribution in [2.75, 3.05) is 10.6 Å². The van der Waals surface area contributed by atoms with E-state index in [1.807, 2.05) is 37.3 Å². The predicted octanol–water partition coefficient (Wildman–Crippen LogP) is 4.42. The first-order valence-corrected chi connectivity index (χ1v) is 11.0. The lowest BCUT2D eigenvalue weighted by Crippen LogP contribution is -2.49. The van der Waals surface area contributed by atoms with Crippen LogP contribution in [0.4, 0.5) is 5.69 Å². The van der Waals surface area contributed by atoms with Crippen LogP contribution in [0.3, 0.4) is 0 Å². The van der Waals surface area contributed by atoms with E-state index < -0.39 is 16.1 Å². The molecule has 0 unspecified atom stereocenters. The third kappa shape index (κ3) is 5.37. The number of carbonyl (C=O) groups is 1. The summed E-state index contributed by atoms with van der Waals surface area (Å²) in [6.07, 6.45) is 1.35. The maximum atomic E-state index is 12.9. The summed E-state index contributed by atoms with van der Waals surface area (Å²) in [6.45, 7) is 3.61. The molecule has 1 amide bonds. The van der Waals surface area contributed by atoms with Crippen LogP contribution in [0.1, 0.15) is 31.9 Å². The van der Waals surface area contributed by atoms with Crippen molar-refractivity contribution in [3.63, 3.8) is 0 Å². The summed E-state index contributed by atoms with van der Waals surface area (Å²) < 4.78 is 26.0. The van der Waals surface area contributed by atoms with Crippen LogP contribution in [0.25, 0.3) is 0 Å². The van der Waals surface area contributed by atoms with E-state index in [1.54, 1.807) is 6.92 Å². The number of benzene rings is 2. The molecule has 5 nitrogen and oxygen atoms in total. The Morgan fingerprint density at radius 1 is 1.11 bits per heavy atom. The Labute approximate surface area is 170 Å². The zero-order valence-electron chi connectivity index (χ0n) is 15.3. The molecular formula is C19H22Cl2N2O3S. The molecule has 0 radical (unpaired) electrons. The largest absolute Gasteiger partial charge is 0.348 e. The maximum absolute atomic E-state index is 12.9. The van der Waals surface area contributed by atoms with Gasteiger partial charge in [-0.05, 0) is 37.1 Å². The lowest BCUT2D eigenvalue weighted by molar-refractivity contribution is -0.122. The third-order valence-electron chi connectivity index (χ3n) is 4.15. The fourth-order valence-electron chi connectivity index (χ4n) is 2.82. The zero-order chi connectivity index (χ0) is 20.2. The minimum Gasteiger partial charge on any atom is -0.348 e. The molecule has 0 aliphatic heterocycles. The van der Waals surface area contributed by atoms with Gasteiger partial charge in [0.2, 0.25) is 15.9 Å². The highest BCUT2D eigenvalue weighted by Crippen LogP contribution is 2.30. The van der Waals surface area contributed by atoms with E-state index in [2.05, 4.69) is 5.32 Å². The summed E-state index contributed by atoms with van der Waals surface area (Å²) in [7, 11) is -3.73. The van der Waals surface area contributed by atoms with Crippen molar-refractivity contribution in [3.8, 4) is 0 Å². The van der Waals surface area contributed by atoms with Crippen molar-refractivity contribution in [3.05, 3.63) is 64.1 Å². The number of hydrogen-bond donors (Lipinski definition) is 1. The molecule has 2 atom stereocenters. The minimum absolute atomic E-state index is 0.218. The Hall–Kier alpha value is -1.76. The van der Waals surface area contributed by atoms with Crippen LogP contribution in [-0.2, 0) is 14.8 Å². The van der Waals surface area contributed by atoms with Gasteiger partial charge in [0.15, 0.2) is 0 Å². The second-order valence-corrected chi connectivity index (χ2v) is 8.90. The van der Waals surface area contributed by atoms with Gasteiger partial charge in [-0.3, -0.25) is 9.10 Å². The molecule has 0 aliphatic carbocycles. The number of nitrogens with one attached hydrogen (secondary N) is 1. The van der Waals surface area contributed by atoms with Crippen LogP contribution in [0.5, 0.6) is 0 Å². The molecule has 2 rings (SSSR count).